The van der Waals surface area contributed by atoms with Gasteiger partial charge in [-0.2, -0.15) is 0 Å². The molecule has 1 aliphatic rings. The molecule has 3 heteroatoms. The van der Waals surface area contributed by atoms with Crippen LogP contribution in [0.2, 0.25) is 0 Å². The Morgan fingerprint density at radius 1 is 0.329 bits per heavy atom. The largest absolute Gasteiger partial charge is 0.456 e. The van der Waals surface area contributed by atoms with Crippen molar-refractivity contribution in [3.05, 3.63) is 283 Å². The van der Waals surface area contributed by atoms with E-state index in [1.165, 1.54) is 81.4 Å². The van der Waals surface area contributed by atoms with E-state index in [0.29, 0.717) is 0 Å². The SMILES string of the molecule is c1ccc(-c2cccc(C3(c4cccc(N(c5cccc6oc7ccc(-c8ccccc8)cc7c56)c5cccc6sc7ccc(-c8ccccc8)cc7c56)c4)c4ccccc4-c4ccccc43)c2)cc1. The van der Waals surface area contributed by atoms with Crippen LogP contribution in [0.5, 0.6) is 0 Å². The van der Waals surface area contributed by atoms with Crippen LogP contribution in [-0.2, 0) is 5.41 Å². The highest BCUT2D eigenvalue weighted by Gasteiger charge is 2.46. The summed E-state index contributed by atoms with van der Waals surface area (Å²) in [5, 5.41) is 4.61. The Kier molecular flexibility index (Phi) is 9.33. The smallest absolute Gasteiger partial charge is 0.137 e. The van der Waals surface area contributed by atoms with E-state index in [-0.39, 0.29) is 0 Å². The molecular weight excluding hydrogens is 867 g/mol. The quantitative estimate of drug-likeness (QED) is 0.151. The van der Waals surface area contributed by atoms with E-state index in [1.807, 2.05) is 11.3 Å². The maximum Gasteiger partial charge on any atom is 0.137 e. The number of nitrogens with zero attached hydrogens (tertiary/aromatic N) is 1. The van der Waals surface area contributed by atoms with Gasteiger partial charge in [0.2, 0.25) is 0 Å². The summed E-state index contributed by atoms with van der Waals surface area (Å²) in [7, 11) is 0. The summed E-state index contributed by atoms with van der Waals surface area (Å²) in [5.41, 5.74) is 18.9. The van der Waals surface area contributed by atoms with Crippen molar-refractivity contribution in [1.29, 1.82) is 0 Å². The van der Waals surface area contributed by atoms with Crippen molar-refractivity contribution in [2.75, 3.05) is 4.90 Å². The number of anilines is 3. The van der Waals surface area contributed by atoms with Crippen LogP contribution in [0.15, 0.2) is 265 Å². The van der Waals surface area contributed by atoms with E-state index in [1.54, 1.807) is 0 Å². The van der Waals surface area contributed by atoms with Gasteiger partial charge in [0.1, 0.15) is 11.2 Å². The summed E-state index contributed by atoms with van der Waals surface area (Å²) in [5.74, 6) is 0. The van der Waals surface area contributed by atoms with Crippen LogP contribution in [-0.4, -0.2) is 0 Å². The third kappa shape index (κ3) is 6.25. The molecule has 1 aliphatic carbocycles. The minimum absolute atomic E-state index is 0.635. The maximum absolute atomic E-state index is 6.79. The fraction of sp³-hybridized carbons (Fsp3) is 0.0149. The molecule has 2 heterocycles. The molecule has 0 bridgehead atoms. The van der Waals surface area contributed by atoms with Crippen molar-refractivity contribution in [3.63, 3.8) is 0 Å². The summed E-state index contributed by atoms with van der Waals surface area (Å²) in [6, 6.07) is 95.7. The second-order valence-electron chi connectivity index (χ2n) is 18.3. The Morgan fingerprint density at radius 2 is 0.843 bits per heavy atom. The summed E-state index contributed by atoms with van der Waals surface area (Å²) in [6.07, 6.45) is 0. The fourth-order valence-electron chi connectivity index (χ4n) is 11.5. The van der Waals surface area contributed by atoms with E-state index in [9.17, 15) is 0 Å². The molecule has 0 N–H and O–H groups in total. The van der Waals surface area contributed by atoms with Crippen molar-refractivity contribution in [3.8, 4) is 44.5 Å². The van der Waals surface area contributed by atoms with Gasteiger partial charge in [-0.25, -0.2) is 0 Å². The molecule has 0 amide bonds. The zero-order chi connectivity index (χ0) is 46.2. The van der Waals surface area contributed by atoms with Gasteiger partial charge in [-0.3, -0.25) is 0 Å². The van der Waals surface area contributed by atoms with Crippen molar-refractivity contribution < 1.29 is 4.42 Å². The Morgan fingerprint density at radius 3 is 1.51 bits per heavy atom. The topological polar surface area (TPSA) is 16.4 Å². The average Bonchev–Trinajstić information content (AvgIpc) is 4.10. The molecular formula is C67H43NOS. The zero-order valence-corrected chi connectivity index (χ0v) is 38.9. The van der Waals surface area contributed by atoms with Crippen LogP contribution in [0.4, 0.5) is 17.1 Å². The first-order valence-electron chi connectivity index (χ1n) is 24.0. The van der Waals surface area contributed by atoms with Crippen LogP contribution in [0.1, 0.15) is 22.3 Å². The van der Waals surface area contributed by atoms with Crippen LogP contribution >= 0.6 is 11.3 Å². The van der Waals surface area contributed by atoms with Gasteiger partial charge in [-0.05, 0) is 133 Å². The Bertz CT molecular complexity index is 3930. The van der Waals surface area contributed by atoms with Gasteiger partial charge < -0.3 is 9.32 Å². The molecule has 0 atom stereocenters. The molecule has 70 heavy (non-hydrogen) atoms. The Hall–Kier alpha value is -8.76. The monoisotopic (exact) mass is 909 g/mol. The molecule has 0 unspecified atom stereocenters. The lowest BCUT2D eigenvalue weighted by Gasteiger charge is -2.35. The lowest BCUT2D eigenvalue weighted by molar-refractivity contribution is 0.669. The summed E-state index contributed by atoms with van der Waals surface area (Å²) < 4.78 is 9.29. The third-order valence-electron chi connectivity index (χ3n) is 14.5. The second kappa shape index (κ2) is 16.2. The average molecular weight is 910 g/mol. The van der Waals surface area contributed by atoms with Gasteiger partial charge in [0.05, 0.1) is 22.2 Å². The van der Waals surface area contributed by atoms with Crippen LogP contribution < -0.4 is 4.90 Å². The first kappa shape index (κ1) is 40.3. The summed E-state index contributed by atoms with van der Waals surface area (Å²) in [4.78, 5) is 2.51. The third-order valence-corrected chi connectivity index (χ3v) is 15.7. The lowest BCUT2D eigenvalue weighted by Crippen LogP contribution is -2.29. The number of rotatable bonds is 8. The number of thiophene rings is 1. The van der Waals surface area contributed by atoms with Crippen molar-refractivity contribution >= 4 is 70.5 Å². The normalized spacial score (nSPS) is 12.7. The van der Waals surface area contributed by atoms with Crippen LogP contribution in [0, 0.1) is 0 Å². The van der Waals surface area contributed by atoms with Gasteiger partial charge in [0.25, 0.3) is 0 Å². The Labute approximate surface area is 410 Å². The van der Waals surface area contributed by atoms with Gasteiger partial charge in [-0.15, -0.1) is 11.3 Å². The van der Waals surface area contributed by atoms with Crippen LogP contribution in [0.25, 0.3) is 86.6 Å². The highest BCUT2D eigenvalue weighted by molar-refractivity contribution is 7.26. The van der Waals surface area contributed by atoms with E-state index >= 15 is 0 Å². The predicted molar refractivity (Wildman–Crippen MR) is 295 cm³/mol. The molecule has 11 aromatic carbocycles. The zero-order valence-electron chi connectivity index (χ0n) is 38.1. The summed E-state index contributed by atoms with van der Waals surface area (Å²) in [6.45, 7) is 0. The molecule has 328 valence electrons. The molecule has 14 rings (SSSR count). The molecule has 0 radical (unpaired) electrons. The van der Waals surface area contributed by atoms with E-state index in [4.69, 9.17) is 4.42 Å². The highest BCUT2D eigenvalue weighted by Crippen LogP contribution is 2.58. The fourth-order valence-corrected chi connectivity index (χ4v) is 12.6. The molecule has 0 saturated heterocycles. The van der Waals surface area contributed by atoms with Crippen LogP contribution in [0.3, 0.4) is 0 Å². The molecule has 13 aromatic rings. The molecule has 0 fully saturated rings. The molecule has 0 saturated carbocycles. The molecule has 0 aliphatic heterocycles. The van der Waals surface area contributed by atoms with Gasteiger partial charge in [0.15, 0.2) is 0 Å². The summed E-state index contributed by atoms with van der Waals surface area (Å²) >= 11 is 1.85. The number of furan rings is 1. The molecule has 2 aromatic heterocycles. The van der Waals surface area contributed by atoms with Crippen molar-refractivity contribution in [1.82, 2.24) is 0 Å². The lowest BCUT2D eigenvalue weighted by atomic mass is 9.67. The highest BCUT2D eigenvalue weighted by atomic mass is 32.1. The van der Waals surface area contributed by atoms with E-state index in [0.717, 1.165) is 44.6 Å². The number of benzene rings is 11. The van der Waals surface area contributed by atoms with Gasteiger partial charge >= 0.3 is 0 Å². The standard InChI is InChI=1S/C67H43NOS/c1-4-18-44(19-5-1)47-24-14-25-50(40-47)67(57-30-12-10-28-53(57)54-29-11-13-31-58(54)67)51-26-15-27-52(43-51)68(59-32-16-34-62-65(59)55-41-48(36-38-61(55)69-62)45-20-6-2-7-21-45)60-33-17-35-64-66(60)56-42-49(37-39-63(56)70-64)46-22-8-3-9-23-46/h1-43H. The van der Waals surface area contributed by atoms with E-state index < -0.39 is 5.41 Å². The molecule has 2 nitrogen and oxygen atoms in total. The molecule has 0 spiro atoms. The number of hydrogen-bond donors (Lipinski definition) is 0. The maximum atomic E-state index is 6.79. The predicted octanol–water partition coefficient (Wildman–Crippen LogP) is 18.8. The minimum Gasteiger partial charge on any atom is -0.456 e. The first-order chi connectivity index (χ1) is 34.7. The van der Waals surface area contributed by atoms with Gasteiger partial charge in [0, 0.05) is 31.2 Å². The van der Waals surface area contributed by atoms with E-state index in [2.05, 4.69) is 266 Å². The Balaban J connectivity index is 1.07. The minimum atomic E-state index is -0.635. The van der Waals surface area contributed by atoms with Crippen molar-refractivity contribution in [2.24, 2.45) is 0 Å². The number of fused-ring (bicyclic) bond motifs is 9. The number of hydrogen-bond acceptors (Lipinski definition) is 3. The van der Waals surface area contributed by atoms with Crippen molar-refractivity contribution in [2.45, 2.75) is 5.41 Å². The second-order valence-corrected chi connectivity index (χ2v) is 19.4. The van der Waals surface area contributed by atoms with Gasteiger partial charge in [-0.1, -0.05) is 194 Å². The first-order valence-corrected chi connectivity index (χ1v) is 24.8.